The largest absolute Gasteiger partial charge is 0.381 e. The summed E-state index contributed by atoms with van der Waals surface area (Å²) in [6, 6.07) is 8.25. The summed E-state index contributed by atoms with van der Waals surface area (Å²) in [6.07, 6.45) is 2.29. The third-order valence-corrected chi connectivity index (χ3v) is 6.76. The van der Waals surface area contributed by atoms with Gasteiger partial charge in [0.25, 0.3) is 0 Å². The van der Waals surface area contributed by atoms with Crippen LogP contribution >= 0.6 is 0 Å². The number of carbonyl (C=O) groups is 1. The highest BCUT2D eigenvalue weighted by molar-refractivity contribution is 7.94. The molecule has 0 radical (unpaired) electrons. The lowest BCUT2D eigenvalue weighted by Gasteiger charge is -2.25. The van der Waals surface area contributed by atoms with Gasteiger partial charge >= 0.3 is 0 Å². The molecule has 0 spiro atoms. The average molecular weight is 309 g/mol. The molecule has 1 saturated heterocycles. The lowest BCUT2D eigenvalue weighted by molar-refractivity contribution is -0.122. The van der Waals surface area contributed by atoms with Crippen LogP contribution in [0, 0.1) is 0 Å². The van der Waals surface area contributed by atoms with Gasteiger partial charge in [0.1, 0.15) is 0 Å². The number of ether oxygens (including phenoxy) is 1. The number of nitrogens with one attached hydrogen (secondary N) is 1. The van der Waals surface area contributed by atoms with Crippen molar-refractivity contribution in [2.24, 2.45) is 0 Å². The van der Waals surface area contributed by atoms with Crippen LogP contribution in [0.4, 0.5) is 0 Å². The molecule has 1 aliphatic heterocycles. The van der Waals surface area contributed by atoms with Gasteiger partial charge in [-0.3, -0.25) is 4.79 Å². The van der Waals surface area contributed by atoms with Gasteiger partial charge in [-0.1, -0.05) is 18.2 Å². The Morgan fingerprint density at radius 3 is 2.33 bits per heavy atom. The second kappa shape index (κ2) is 5.42. The number of rotatable bonds is 4. The van der Waals surface area contributed by atoms with Crippen LogP contribution in [0.15, 0.2) is 35.2 Å². The van der Waals surface area contributed by atoms with Crippen molar-refractivity contribution in [3.63, 3.8) is 0 Å². The molecular formula is C15H19NO4S. The Bertz CT molecular complexity index is 616. The molecule has 1 amide bonds. The van der Waals surface area contributed by atoms with Gasteiger partial charge in [0.05, 0.1) is 4.90 Å². The van der Waals surface area contributed by atoms with E-state index < -0.39 is 14.6 Å². The van der Waals surface area contributed by atoms with Crippen LogP contribution in [-0.4, -0.2) is 38.3 Å². The Labute approximate surface area is 124 Å². The number of carbonyl (C=O) groups excluding carboxylic acids is 1. The minimum absolute atomic E-state index is 0.0229. The predicted molar refractivity (Wildman–Crippen MR) is 77.6 cm³/mol. The highest BCUT2D eigenvalue weighted by Gasteiger charge is 2.61. The summed E-state index contributed by atoms with van der Waals surface area (Å²) in [7, 11) is -3.62. The standard InChI is InChI=1S/C15H19NO4S/c17-14(16-12-6-10-20-11-7-12)15(8-9-15)21(18,19)13-4-2-1-3-5-13/h1-5,12H,6-11H2,(H,16,17). The molecule has 6 heteroatoms. The topological polar surface area (TPSA) is 72.5 Å². The summed E-state index contributed by atoms with van der Waals surface area (Å²) < 4.78 is 29.4. The maximum absolute atomic E-state index is 12.7. The number of hydrogen-bond acceptors (Lipinski definition) is 4. The first-order chi connectivity index (χ1) is 10.1. The minimum atomic E-state index is -3.62. The first-order valence-corrected chi connectivity index (χ1v) is 8.73. The molecule has 0 aromatic heterocycles. The third kappa shape index (κ3) is 2.58. The van der Waals surface area contributed by atoms with Crippen LogP contribution in [0.2, 0.25) is 0 Å². The van der Waals surface area contributed by atoms with Crippen molar-refractivity contribution in [3.8, 4) is 0 Å². The van der Waals surface area contributed by atoms with Crippen molar-refractivity contribution in [1.29, 1.82) is 0 Å². The number of benzene rings is 1. The number of hydrogen-bond donors (Lipinski definition) is 1. The molecule has 1 aromatic carbocycles. The predicted octanol–water partition coefficient (Wildman–Crippen LogP) is 1.29. The van der Waals surface area contributed by atoms with E-state index in [9.17, 15) is 13.2 Å². The minimum Gasteiger partial charge on any atom is -0.381 e. The molecular weight excluding hydrogens is 290 g/mol. The highest BCUT2D eigenvalue weighted by atomic mass is 32.2. The molecule has 1 aromatic rings. The van der Waals surface area contributed by atoms with Gasteiger partial charge in [-0.25, -0.2) is 8.42 Å². The van der Waals surface area contributed by atoms with Crippen LogP contribution in [0.1, 0.15) is 25.7 Å². The fourth-order valence-electron chi connectivity index (χ4n) is 2.72. The van der Waals surface area contributed by atoms with Crippen molar-refractivity contribution in [3.05, 3.63) is 30.3 Å². The van der Waals surface area contributed by atoms with E-state index in [1.807, 2.05) is 0 Å². The normalized spacial score (nSPS) is 21.7. The van der Waals surface area contributed by atoms with E-state index in [2.05, 4.69) is 5.32 Å². The molecule has 2 fully saturated rings. The van der Waals surface area contributed by atoms with Gasteiger partial charge in [-0.05, 0) is 37.8 Å². The average Bonchev–Trinajstić information content (AvgIpc) is 3.31. The zero-order chi connectivity index (χ0) is 14.9. The van der Waals surface area contributed by atoms with Crippen LogP contribution in [0.25, 0.3) is 0 Å². The summed E-state index contributed by atoms with van der Waals surface area (Å²) >= 11 is 0. The lowest BCUT2D eigenvalue weighted by Crippen LogP contribution is -2.48. The van der Waals surface area contributed by atoms with Crippen molar-refractivity contribution in [1.82, 2.24) is 5.32 Å². The Hall–Kier alpha value is -1.40. The smallest absolute Gasteiger partial charge is 0.242 e. The third-order valence-electron chi connectivity index (χ3n) is 4.24. The van der Waals surface area contributed by atoms with Crippen LogP contribution < -0.4 is 5.32 Å². The summed E-state index contributed by atoms with van der Waals surface area (Å²) in [4.78, 5) is 12.7. The highest BCUT2D eigenvalue weighted by Crippen LogP contribution is 2.47. The van der Waals surface area contributed by atoms with Crippen molar-refractivity contribution in [2.45, 2.75) is 41.4 Å². The molecule has 114 valence electrons. The molecule has 5 nitrogen and oxygen atoms in total. The molecule has 1 N–H and O–H groups in total. The lowest BCUT2D eigenvalue weighted by atomic mass is 10.1. The summed E-state index contributed by atoms with van der Waals surface area (Å²) in [5.41, 5.74) is 0. The second-order valence-corrected chi connectivity index (χ2v) is 7.93. The van der Waals surface area contributed by atoms with E-state index in [-0.39, 0.29) is 16.8 Å². The van der Waals surface area contributed by atoms with Gasteiger partial charge in [0.2, 0.25) is 5.91 Å². The Morgan fingerprint density at radius 2 is 1.76 bits per heavy atom. The molecule has 0 unspecified atom stereocenters. The van der Waals surface area contributed by atoms with Crippen molar-refractivity contribution in [2.75, 3.05) is 13.2 Å². The van der Waals surface area contributed by atoms with E-state index in [0.717, 1.165) is 12.8 Å². The quantitative estimate of drug-likeness (QED) is 0.909. The summed E-state index contributed by atoms with van der Waals surface area (Å²) in [5, 5.41) is 2.90. The Morgan fingerprint density at radius 1 is 1.14 bits per heavy atom. The van der Waals surface area contributed by atoms with Gasteiger partial charge in [-0.2, -0.15) is 0 Å². The molecule has 0 atom stereocenters. The van der Waals surface area contributed by atoms with Crippen LogP contribution in [0.3, 0.4) is 0 Å². The van der Waals surface area contributed by atoms with E-state index >= 15 is 0 Å². The second-order valence-electron chi connectivity index (χ2n) is 5.67. The first kappa shape index (κ1) is 14.5. The van der Waals surface area contributed by atoms with Gasteiger partial charge in [-0.15, -0.1) is 0 Å². The molecule has 0 bridgehead atoms. The van der Waals surface area contributed by atoms with E-state index in [1.165, 1.54) is 0 Å². The number of amides is 1. The molecule has 1 heterocycles. The van der Waals surface area contributed by atoms with E-state index in [4.69, 9.17) is 4.74 Å². The number of sulfone groups is 1. The maximum atomic E-state index is 12.7. The van der Waals surface area contributed by atoms with Crippen LogP contribution in [-0.2, 0) is 19.4 Å². The van der Waals surface area contributed by atoms with E-state index in [0.29, 0.717) is 26.1 Å². The Balaban J connectivity index is 1.79. The Kier molecular flexibility index (Phi) is 3.75. The van der Waals surface area contributed by atoms with Gasteiger partial charge in [0, 0.05) is 19.3 Å². The fraction of sp³-hybridized carbons (Fsp3) is 0.533. The fourth-order valence-corrected chi connectivity index (χ4v) is 4.62. The van der Waals surface area contributed by atoms with Crippen molar-refractivity contribution < 1.29 is 17.9 Å². The molecule has 3 rings (SSSR count). The zero-order valence-electron chi connectivity index (χ0n) is 11.7. The molecule has 1 saturated carbocycles. The molecule has 1 aliphatic carbocycles. The molecule has 21 heavy (non-hydrogen) atoms. The maximum Gasteiger partial charge on any atom is 0.242 e. The van der Waals surface area contributed by atoms with E-state index in [1.54, 1.807) is 30.3 Å². The first-order valence-electron chi connectivity index (χ1n) is 7.25. The summed E-state index contributed by atoms with van der Waals surface area (Å²) in [5.74, 6) is -0.349. The SMILES string of the molecule is O=C(NC1CCOCC1)C1(S(=O)(=O)c2ccccc2)CC1. The summed E-state index contributed by atoms with van der Waals surface area (Å²) in [6.45, 7) is 1.23. The monoisotopic (exact) mass is 309 g/mol. The van der Waals surface area contributed by atoms with Gasteiger partial charge in [0.15, 0.2) is 14.6 Å². The zero-order valence-corrected chi connectivity index (χ0v) is 12.6. The molecule has 2 aliphatic rings. The van der Waals surface area contributed by atoms with Crippen molar-refractivity contribution >= 4 is 15.7 Å². The van der Waals surface area contributed by atoms with Gasteiger partial charge < -0.3 is 10.1 Å². The van der Waals surface area contributed by atoms with Crippen LogP contribution in [0.5, 0.6) is 0 Å².